The Morgan fingerprint density at radius 3 is 3.05 bits per heavy atom. The number of thioether (sulfide) groups is 1. The Hall–Kier alpha value is -0.760. The van der Waals surface area contributed by atoms with E-state index in [2.05, 4.69) is 30.2 Å². The van der Waals surface area contributed by atoms with Gasteiger partial charge in [-0.15, -0.1) is 11.8 Å². The zero-order valence-corrected chi connectivity index (χ0v) is 12.8. The van der Waals surface area contributed by atoms with Crippen LogP contribution in [0.2, 0.25) is 5.02 Å². The van der Waals surface area contributed by atoms with Gasteiger partial charge in [0.1, 0.15) is 10.6 Å². The Labute approximate surface area is 123 Å². The van der Waals surface area contributed by atoms with E-state index in [0.29, 0.717) is 16.3 Å². The molecular formula is C14H18ClN3S. The van der Waals surface area contributed by atoms with Crippen LogP contribution in [-0.4, -0.2) is 21.8 Å². The van der Waals surface area contributed by atoms with E-state index in [1.165, 1.54) is 0 Å². The highest BCUT2D eigenvalue weighted by molar-refractivity contribution is 8.00. The second-order valence-electron chi connectivity index (χ2n) is 5.27. The van der Waals surface area contributed by atoms with Gasteiger partial charge in [-0.3, -0.25) is 5.32 Å². The Morgan fingerprint density at radius 1 is 1.63 bits per heavy atom. The summed E-state index contributed by atoms with van der Waals surface area (Å²) < 4.78 is 0. The molecular weight excluding hydrogens is 278 g/mol. The van der Waals surface area contributed by atoms with Gasteiger partial charge < -0.3 is 0 Å². The maximum absolute atomic E-state index is 9.44. The number of pyridine rings is 1. The summed E-state index contributed by atoms with van der Waals surface area (Å²) in [5, 5.41) is 14.8. The van der Waals surface area contributed by atoms with Crippen molar-refractivity contribution in [3.05, 3.63) is 23.4 Å². The first-order valence-electron chi connectivity index (χ1n) is 6.51. The maximum atomic E-state index is 9.44. The van der Waals surface area contributed by atoms with E-state index in [1.807, 2.05) is 12.1 Å². The van der Waals surface area contributed by atoms with Gasteiger partial charge in [0.15, 0.2) is 0 Å². The monoisotopic (exact) mass is 295 g/mol. The molecule has 1 aromatic heterocycles. The standard InChI is InChI=1S/C14H18ClN3S/c1-10(2)18-14(9-16)6-5-11(8-14)19-13-12(15)4-3-7-17-13/h3-4,7,10-11,18H,5-6,8H2,1-2H3. The van der Waals surface area contributed by atoms with Gasteiger partial charge in [-0.2, -0.15) is 5.26 Å². The highest BCUT2D eigenvalue weighted by Gasteiger charge is 2.40. The lowest BCUT2D eigenvalue weighted by molar-refractivity contribution is 0.386. The van der Waals surface area contributed by atoms with Crippen LogP contribution in [0, 0.1) is 11.3 Å². The molecule has 0 amide bonds. The number of rotatable bonds is 4. The average Bonchev–Trinajstić information content (AvgIpc) is 2.75. The Morgan fingerprint density at radius 2 is 2.42 bits per heavy atom. The van der Waals surface area contributed by atoms with Gasteiger partial charge in [0.2, 0.25) is 0 Å². The Balaban J connectivity index is 2.02. The van der Waals surface area contributed by atoms with Gasteiger partial charge >= 0.3 is 0 Å². The first-order valence-corrected chi connectivity index (χ1v) is 7.76. The summed E-state index contributed by atoms with van der Waals surface area (Å²) in [6, 6.07) is 6.47. The van der Waals surface area contributed by atoms with E-state index < -0.39 is 0 Å². The predicted octanol–water partition coefficient (Wildman–Crippen LogP) is 3.64. The Bertz CT molecular complexity index is 486. The number of nitrogens with one attached hydrogen (secondary N) is 1. The van der Waals surface area contributed by atoms with Crippen molar-refractivity contribution in [1.29, 1.82) is 5.26 Å². The summed E-state index contributed by atoms with van der Waals surface area (Å²) >= 11 is 7.82. The quantitative estimate of drug-likeness (QED) is 0.921. The molecule has 0 bridgehead atoms. The molecule has 0 aromatic carbocycles. The topological polar surface area (TPSA) is 48.7 Å². The number of hydrogen-bond acceptors (Lipinski definition) is 4. The van der Waals surface area contributed by atoms with Crippen molar-refractivity contribution in [3.63, 3.8) is 0 Å². The van der Waals surface area contributed by atoms with E-state index in [-0.39, 0.29) is 5.54 Å². The summed E-state index contributed by atoms with van der Waals surface area (Å²) in [5.74, 6) is 0. The number of nitrogens with zero attached hydrogens (tertiary/aromatic N) is 2. The maximum Gasteiger partial charge on any atom is 0.115 e. The van der Waals surface area contributed by atoms with Crippen LogP contribution in [0.15, 0.2) is 23.4 Å². The molecule has 1 N–H and O–H groups in total. The van der Waals surface area contributed by atoms with Crippen molar-refractivity contribution < 1.29 is 0 Å². The fourth-order valence-corrected chi connectivity index (χ4v) is 4.01. The van der Waals surface area contributed by atoms with Crippen molar-refractivity contribution in [2.24, 2.45) is 0 Å². The van der Waals surface area contributed by atoms with Crippen LogP contribution in [0.3, 0.4) is 0 Å². The Kier molecular flexibility index (Phi) is 4.72. The molecule has 2 unspecified atom stereocenters. The first kappa shape index (κ1) is 14.6. The summed E-state index contributed by atoms with van der Waals surface area (Å²) in [6.45, 7) is 4.16. The molecule has 0 spiro atoms. The zero-order chi connectivity index (χ0) is 13.9. The fraction of sp³-hybridized carbons (Fsp3) is 0.571. The molecule has 1 heterocycles. The summed E-state index contributed by atoms with van der Waals surface area (Å²) in [4.78, 5) is 4.30. The molecule has 19 heavy (non-hydrogen) atoms. The van der Waals surface area contributed by atoms with Crippen molar-refractivity contribution >= 4 is 23.4 Å². The van der Waals surface area contributed by atoms with Gasteiger partial charge in [-0.1, -0.05) is 11.6 Å². The minimum absolute atomic E-state index is 0.321. The van der Waals surface area contributed by atoms with E-state index in [4.69, 9.17) is 11.6 Å². The number of halogens is 1. The number of aromatic nitrogens is 1. The van der Waals surface area contributed by atoms with E-state index in [0.717, 1.165) is 24.3 Å². The molecule has 102 valence electrons. The van der Waals surface area contributed by atoms with Crippen LogP contribution in [-0.2, 0) is 0 Å². The molecule has 1 aliphatic carbocycles. The second-order valence-corrected chi connectivity index (χ2v) is 6.96. The fourth-order valence-electron chi connectivity index (χ4n) is 2.53. The molecule has 1 aromatic rings. The number of hydrogen-bond donors (Lipinski definition) is 1. The molecule has 0 saturated heterocycles. The number of nitriles is 1. The van der Waals surface area contributed by atoms with Gasteiger partial charge in [0.25, 0.3) is 0 Å². The largest absolute Gasteiger partial charge is 0.297 e. The lowest BCUT2D eigenvalue weighted by Gasteiger charge is -2.25. The predicted molar refractivity (Wildman–Crippen MR) is 79.4 cm³/mol. The van der Waals surface area contributed by atoms with Crippen LogP contribution in [0.25, 0.3) is 0 Å². The minimum Gasteiger partial charge on any atom is -0.297 e. The third-order valence-corrected chi connectivity index (χ3v) is 4.95. The van der Waals surface area contributed by atoms with Crippen molar-refractivity contribution in [2.75, 3.05) is 0 Å². The van der Waals surface area contributed by atoms with Crippen LogP contribution in [0.4, 0.5) is 0 Å². The lowest BCUT2D eigenvalue weighted by Crippen LogP contribution is -2.45. The summed E-state index contributed by atoms with van der Waals surface area (Å²) in [7, 11) is 0. The van der Waals surface area contributed by atoms with Crippen LogP contribution < -0.4 is 5.32 Å². The van der Waals surface area contributed by atoms with Gasteiger partial charge in [-0.25, -0.2) is 4.98 Å². The van der Waals surface area contributed by atoms with Crippen LogP contribution in [0.5, 0.6) is 0 Å². The van der Waals surface area contributed by atoms with Crippen molar-refractivity contribution in [3.8, 4) is 6.07 Å². The average molecular weight is 296 g/mol. The molecule has 0 radical (unpaired) electrons. The van der Waals surface area contributed by atoms with Crippen LogP contribution in [0.1, 0.15) is 33.1 Å². The molecule has 2 rings (SSSR count). The third-order valence-electron chi connectivity index (χ3n) is 3.25. The van der Waals surface area contributed by atoms with E-state index in [1.54, 1.807) is 18.0 Å². The highest BCUT2D eigenvalue weighted by Crippen LogP contribution is 2.41. The second kappa shape index (κ2) is 6.13. The first-order chi connectivity index (χ1) is 9.04. The van der Waals surface area contributed by atoms with Crippen LogP contribution >= 0.6 is 23.4 Å². The third kappa shape index (κ3) is 3.62. The lowest BCUT2D eigenvalue weighted by atomic mass is 9.99. The highest BCUT2D eigenvalue weighted by atomic mass is 35.5. The summed E-state index contributed by atoms with van der Waals surface area (Å²) in [5.41, 5.74) is -0.382. The summed E-state index contributed by atoms with van der Waals surface area (Å²) in [6.07, 6.45) is 4.51. The minimum atomic E-state index is -0.382. The van der Waals surface area contributed by atoms with Gasteiger partial charge in [-0.05, 0) is 45.2 Å². The molecule has 5 heteroatoms. The molecule has 3 nitrogen and oxygen atoms in total. The van der Waals surface area contributed by atoms with Crippen molar-refractivity contribution in [1.82, 2.24) is 10.3 Å². The zero-order valence-electron chi connectivity index (χ0n) is 11.2. The van der Waals surface area contributed by atoms with Gasteiger partial charge in [0, 0.05) is 17.5 Å². The molecule has 1 fully saturated rings. The molecule has 2 atom stereocenters. The van der Waals surface area contributed by atoms with Crippen molar-refractivity contribution in [2.45, 2.75) is 55.0 Å². The SMILES string of the molecule is CC(C)NC1(C#N)CCC(Sc2ncccc2Cl)C1. The molecule has 1 aliphatic rings. The normalized spacial score (nSPS) is 26.6. The van der Waals surface area contributed by atoms with E-state index >= 15 is 0 Å². The molecule has 0 aliphatic heterocycles. The van der Waals surface area contributed by atoms with E-state index in [9.17, 15) is 5.26 Å². The molecule has 1 saturated carbocycles. The van der Waals surface area contributed by atoms with Gasteiger partial charge in [0.05, 0.1) is 11.1 Å². The smallest absolute Gasteiger partial charge is 0.115 e.